The minimum atomic E-state index is -0.479. The van der Waals surface area contributed by atoms with E-state index in [4.69, 9.17) is 0 Å². The molecular formula is C13H12N4O. The molecule has 2 aromatic heterocycles. The lowest BCUT2D eigenvalue weighted by Gasteiger charge is -2.13. The molecule has 90 valence electrons. The molecule has 0 aliphatic heterocycles. The van der Waals surface area contributed by atoms with E-state index in [-0.39, 0.29) is 5.56 Å². The summed E-state index contributed by atoms with van der Waals surface area (Å²) in [5, 5.41) is 9.95. The second-order valence-corrected chi connectivity index (χ2v) is 4.81. The van der Waals surface area contributed by atoms with E-state index >= 15 is 0 Å². The lowest BCUT2D eigenvalue weighted by molar-refractivity contribution is 0.722. The first-order chi connectivity index (χ1) is 8.57. The van der Waals surface area contributed by atoms with Crippen LogP contribution in [0.1, 0.15) is 24.4 Å². The number of hydrogen-bond donors (Lipinski definition) is 0. The summed E-state index contributed by atoms with van der Waals surface area (Å²) >= 11 is 0. The monoisotopic (exact) mass is 240 g/mol. The van der Waals surface area contributed by atoms with E-state index in [1.165, 1.54) is 0 Å². The molecular weight excluding hydrogens is 228 g/mol. The minimum absolute atomic E-state index is 0.158. The van der Waals surface area contributed by atoms with Crippen LogP contribution in [-0.4, -0.2) is 14.5 Å². The van der Waals surface area contributed by atoms with Crippen molar-refractivity contribution in [2.75, 3.05) is 0 Å². The molecule has 0 spiro atoms. The summed E-state index contributed by atoms with van der Waals surface area (Å²) in [6, 6.07) is 4.18. The zero-order valence-corrected chi connectivity index (χ0v) is 10.3. The SMILES string of the molecule is Cc1ncc2cc(C3(C#N)CC3)n(C)c(=O)c2n1. The Hall–Kier alpha value is -2.22. The van der Waals surface area contributed by atoms with Gasteiger partial charge in [-0.05, 0) is 25.8 Å². The zero-order valence-electron chi connectivity index (χ0n) is 10.3. The van der Waals surface area contributed by atoms with Crippen LogP contribution < -0.4 is 5.56 Å². The number of aromatic nitrogens is 3. The van der Waals surface area contributed by atoms with Crippen molar-refractivity contribution in [1.82, 2.24) is 14.5 Å². The van der Waals surface area contributed by atoms with Crippen LogP contribution in [0.4, 0.5) is 0 Å². The number of pyridine rings is 1. The van der Waals surface area contributed by atoms with Crippen LogP contribution in [0, 0.1) is 18.3 Å². The van der Waals surface area contributed by atoms with E-state index in [1.807, 2.05) is 6.07 Å². The maximum atomic E-state index is 12.3. The fourth-order valence-corrected chi connectivity index (χ4v) is 2.28. The number of fused-ring (bicyclic) bond motifs is 1. The van der Waals surface area contributed by atoms with Gasteiger partial charge in [-0.1, -0.05) is 0 Å². The van der Waals surface area contributed by atoms with Crippen LogP contribution in [0.25, 0.3) is 10.9 Å². The van der Waals surface area contributed by atoms with Gasteiger partial charge in [-0.2, -0.15) is 5.26 Å². The third-order valence-electron chi connectivity index (χ3n) is 3.55. The highest BCUT2D eigenvalue weighted by molar-refractivity contribution is 5.77. The first-order valence-corrected chi connectivity index (χ1v) is 5.82. The summed E-state index contributed by atoms with van der Waals surface area (Å²) in [6.45, 7) is 1.75. The van der Waals surface area contributed by atoms with Crippen LogP contribution >= 0.6 is 0 Å². The highest BCUT2D eigenvalue weighted by atomic mass is 16.1. The quantitative estimate of drug-likeness (QED) is 0.750. The summed E-state index contributed by atoms with van der Waals surface area (Å²) in [7, 11) is 1.70. The van der Waals surface area contributed by atoms with Gasteiger partial charge in [0.15, 0.2) is 0 Å². The van der Waals surface area contributed by atoms with Gasteiger partial charge in [-0.25, -0.2) is 9.97 Å². The Kier molecular flexibility index (Phi) is 2.05. The summed E-state index contributed by atoms with van der Waals surface area (Å²) in [6.07, 6.45) is 3.28. The van der Waals surface area contributed by atoms with Crippen molar-refractivity contribution >= 4 is 10.9 Å². The van der Waals surface area contributed by atoms with Gasteiger partial charge < -0.3 is 4.57 Å². The highest BCUT2D eigenvalue weighted by Crippen LogP contribution is 2.47. The van der Waals surface area contributed by atoms with E-state index in [0.29, 0.717) is 16.7 Å². The van der Waals surface area contributed by atoms with Crippen LogP contribution in [0.15, 0.2) is 17.1 Å². The number of nitriles is 1. The minimum Gasteiger partial charge on any atom is -0.312 e. The van der Waals surface area contributed by atoms with Gasteiger partial charge in [-0.3, -0.25) is 4.79 Å². The van der Waals surface area contributed by atoms with Crippen molar-refractivity contribution in [1.29, 1.82) is 5.26 Å². The first-order valence-electron chi connectivity index (χ1n) is 5.82. The number of nitrogens with zero attached hydrogens (tertiary/aromatic N) is 4. The van der Waals surface area contributed by atoms with Gasteiger partial charge in [0.2, 0.25) is 0 Å². The standard InChI is InChI=1S/C13H12N4O/c1-8-15-6-9-5-10(13(7-14)3-4-13)17(2)12(18)11(9)16-8/h5-6H,3-4H2,1-2H3. The van der Waals surface area contributed by atoms with Crippen molar-refractivity contribution in [2.45, 2.75) is 25.2 Å². The maximum Gasteiger partial charge on any atom is 0.277 e. The number of rotatable bonds is 1. The van der Waals surface area contributed by atoms with Crippen molar-refractivity contribution in [3.8, 4) is 6.07 Å². The first kappa shape index (κ1) is 10.9. The fraction of sp³-hybridized carbons (Fsp3) is 0.385. The maximum absolute atomic E-state index is 12.3. The molecule has 2 aromatic rings. The molecule has 1 fully saturated rings. The third kappa shape index (κ3) is 1.35. The fourth-order valence-electron chi connectivity index (χ4n) is 2.28. The largest absolute Gasteiger partial charge is 0.312 e. The Morgan fingerprint density at radius 3 is 2.83 bits per heavy atom. The van der Waals surface area contributed by atoms with Crippen LogP contribution in [0.3, 0.4) is 0 Å². The molecule has 2 heterocycles. The normalized spacial score (nSPS) is 16.5. The van der Waals surface area contributed by atoms with Crippen molar-refractivity contribution in [2.24, 2.45) is 7.05 Å². The summed E-state index contributed by atoms with van der Waals surface area (Å²) < 4.78 is 1.55. The third-order valence-corrected chi connectivity index (χ3v) is 3.55. The van der Waals surface area contributed by atoms with E-state index in [9.17, 15) is 10.1 Å². The van der Waals surface area contributed by atoms with Crippen LogP contribution in [-0.2, 0) is 12.5 Å². The molecule has 1 aliphatic carbocycles. The average Bonchev–Trinajstić information content (AvgIpc) is 3.15. The molecule has 0 atom stereocenters. The molecule has 0 N–H and O–H groups in total. The summed E-state index contributed by atoms with van der Waals surface area (Å²) in [5.41, 5.74) is 0.555. The predicted octanol–water partition coefficient (Wildman–Crippen LogP) is 1.19. The van der Waals surface area contributed by atoms with Crippen LogP contribution in [0.2, 0.25) is 0 Å². The van der Waals surface area contributed by atoms with Crippen molar-refractivity contribution < 1.29 is 0 Å². The molecule has 0 unspecified atom stereocenters. The Morgan fingerprint density at radius 1 is 1.50 bits per heavy atom. The summed E-state index contributed by atoms with van der Waals surface area (Å²) in [5.74, 6) is 0.578. The zero-order chi connectivity index (χ0) is 12.9. The smallest absolute Gasteiger partial charge is 0.277 e. The van der Waals surface area contributed by atoms with E-state index < -0.39 is 5.41 Å². The topological polar surface area (TPSA) is 71.6 Å². The molecule has 0 radical (unpaired) electrons. The molecule has 0 amide bonds. The Balaban J connectivity index is 2.38. The summed E-state index contributed by atoms with van der Waals surface area (Å²) in [4.78, 5) is 20.5. The van der Waals surface area contributed by atoms with E-state index in [1.54, 1.807) is 24.7 Å². The van der Waals surface area contributed by atoms with Gasteiger partial charge >= 0.3 is 0 Å². The molecule has 0 aromatic carbocycles. The Morgan fingerprint density at radius 2 is 2.22 bits per heavy atom. The van der Waals surface area contributed by atoms with Gasteiger partial charge in [0.05, 0.1) is 11.5 Å². The molecule has 18 heavy (non-hydrogen) atoms. The lowest BCUT2D eigenvalue weighted by Crippen LogP contribution is -2.25. The molecule has 1 aliphatic rings. The second-order valence-electron chi connectivity index (χ2n) is 4.81. The second kappa shape index (κ2) is 3.39. The lowest BCUT2D eigenvalue weighted by atomic mass is 10.0. The molecule has 5 heteroatoms. The molecule has 0 saturated heterocycles. The number of aryl methyl sites for hydroxylation is 1. The van der Waals surface area contributed by atoms with Gasteiger partial charge in [-0.15, -0.1) is 0 Å². The van der Waals surface area contributed by atoms with Crippen molar-refractivity contribution in [3.63, 3.8) is 0 Å². The number of hydrogen-bond acceptors (Lipinski definition) is 4. The Bertz CT molecular complexity index is 750. The van der Waals surface area contributed by atoms with Crippen LogP contribution in [0.5, 0.6) is 0 Å². The van der Waals surface area contributed by atoms with E-state index in [2.05, 4.69) is 16.0 Å². The molecule has 1 saturated carbocycles. The predicted molar refractivity (Wildman–Crippen MR) is 66.0 cm³/mol. The molecule has 0 bridgehead atoms. The van der Waals surface area contributed by atoms with Crippen molar-refractivity contribution in [3.05, 3.63) is 34.1 Å². The Labute approximate surface area is 104 Å². The van der Waals surface area contributed by atoms with Gasteiger partial charge in [0, 0.05) is 24.3 Å². The van der Waals surface area contributed by atoms with Gasteiger partial charge in [0.25, 0.3) is 5.56 Å². The van der Waals surface area contributed by atoms with Gasteiger partial charge in [0.1, 0.15) is 11.3 Å². The van der Waals surface area contributed by atoms with E-state index in [0.717, 1.165) is 18.5 Å². The molecule has 3 rings (SSSR count). The average molecular weight is 240 g/mol. The highest BCUT2D eigenvalue weighted by Gasteiger charge is 2.47. The molecule has 5 nitrogen and oxygen atoms in total.